The van der Waals surface area contributed by atoms with Gasteiger partial charge in [0, 0.05) is 17.2 Å². The minimum atomic E-state index is -0.498. The number of pyridine rings is 1. The van der Waals surface area contributed by atoms with Gasteiger partial charge in [0.15, 0.2) is 0 Å². The second-order valence-corrected chi connectivity index (χ2v) is 16.7. The van der Waals surface area contributed by atoms with Crippen molar-refractivity contribution in [1.82, 2.24) is 4.98 Å². The molecule has 6 aromatic carbocycles. The molecule has 4 heteroatoms. The Bertz CT molecular complexity index is 2410. The van der Waals surface area contributed by atoms with Crippen molar-refractivity contribution in [3.05, 3.63) is 168 Å². The van der Waals surface area contributed by atoms with Gasteiger partial charge in [-0.2, -0.15) is 0 Å². The van der Waals surface area contributed by atoms with Crippen molar-refractivity contribution in [2.75, 3.05) is 0 Å². The molecule has 266 valence electrons. The predicted molar refractivity (Wildman–Crippen MR) is 223 cm³/mol. The molecule has 1 saturated carbocycles. The van der Waals surface area contributed by atoms with E-state index >= 15 is 0 Å². The highest BCUT2D eigenvalue weighted by atomic mass is 16.7. The van der Waals surface area contributed by atoms with Crippen LogP contribution in [0.3, 0.4) is 0 Å². The maximum atomic E-state index is 6.35. The zero-order chi connectivity index (χ0) is 36.7. The molecule has 1 aliphatic heterocycles. The number of hydrogen-bond acceptors (Lipinski definition) is 3. The zero-order valence-corrected chi connectivity index (χ0v) is 31.7. The lowest BCUT2D eigenvalue weighted by Crippen LogP contribution is -2.41. The van der Waals surface area contributed by atoms with Crippen LogP contribution in [0.5, 0.6) is 0 Å². The second-order valence-electron chi connectivity index (χ2n) is 16.7. The molecule has 2 aliphatic carbocycles. The van der Waals surface area contributed by atoms with E-state index in [-0.39, 0.29) is 5.41 Å². The van der Waals surface area contributed by atoms with Crippen LogP contribution < -0.4 is 5.59 Å². The van der Waals surface area contributed by atoms with E-state index in [4.69, 9.17) is 14.3 Å². The summed E-state index contributed by atoms with van der Waals surface area (Å²) >= 11 is 0. The van der Waals surface area contributed by atoms with Gasteiger partial charge < -0.3 is 9.31 Å². The number of hydrogen-bond donors (Lipinski definition) is 0. The Kier molecular flexibility index (Phi) is 7.77. The Hall–Kier alpha value is -5.03. The van der Waals surface area contributed by atoms with Crippen LogP contribution in [-0.4, -0.2) is 23.3 Å². The SMILES string of the molecule is CC1(C)OB(c2ccc(-c3c4ccccc4c(-c4ccc5c(c4)C(c4ccccc4)(c4ccccc4)C4CCCC[C@H]54)c4ccccc34)cn2)OC1(C)C. The molecule has 1 saturated heterocycles. The Morgan fingerprint density at radius 1 is 0.556 bits per heavy atom. The summed E-state index contributed by atoms with van der Waals surface area (Å²) in [5, 5.41) is 4.95. The van der Waals surface area contributed by atoms with Gasteiger partial charge in [-0.1, -0.05) is 140 Å². The lowest BCUT2D eigenvalue weighted by Gasteiger charge is -2.42. The monoisotopic (exact) mass is 703 g/mol. The van der Waals surface area contributed by atoms with Gasteiger partial charge in [0.25, 0.3) is 0 Å². The van der Waals surface area contributed by atoms with Gasteiger partial charge in [0.1, 0.15) is 0 Å². The quantitative estimate of drug-likeness (QED) is 0.132. The normalized spacial score (nSPS) is 20.9. The number of fused-ring (bicyclic) bond motifs is 5. The Morgan fingerprint density at radius 3 is 1.59 bits per heavy atom. The number of benzene rings is 6. The maximum Gasteiger partial charge on any atom is 0.514 e. The molecule has 2 heterocycles. The van der Waals surface area contributed by atoms with Crippen molar-refractivity contribution in [1.29, 1.82) is 0 Å². The van der Waals surface area contributed by atoms with Crippen LogP contribution >= 0.6 is 0 Å². The Morgan fingerprint density at radius 2 is 1.06 bits per heavy atom. The molecule has 7 aromatic rings. The average molecular weight is 704 g/mol. The first kappa shape index (κ1) is 33.5. The van der Waals surface area contributed by atoms with E-state index in [0.29, 0.717) is 11.8 Å². The number of nitrogens with zero attached hydrogens (tertiary/aromatic N) is 1. The molecular formula is C50H46BNO2. The average Bonchev–Trinajstić information content (AvgIpc) is 3.63. The van der Waals surface area contributed by atoms with Crippen molar-refractivity contribution < 1.29 is 9.31 Å². The van der Waals surface area contributed by atoms with Gasteiger partial charge in [0.2, 0.25) is 0 Å². The maximum absolute atomic E-state index is 6.35. The standard InChI is InChI=1S/C50H46BNO2/c1-48(2)49(3,4)54-51(53-48)45-30-28-34(32-52-45)47-41-24-13-11-22-39(41)46(40-23-12-14-25-42(40)47)33-27-29-38-37-21-15-16-26-43(37)50(44(38)31-33,35-17-7-5-8-18-35)36-19-9-6-10-20-36/h5-14,17-20,22-25,27-32,37,43H,15-16,21,26H2,1-4H3/t37-,43?/m1/s1. The molecule has 0 amide bonds. The van der Waals surface area contributed by atoms with Gasteiger partial charge >= 0.3 is 7.12 Å². The number of aromatic nitrogens is 1. The van der Waals surface area contributed by atoms with E-state index in [2.05, 4.69) is 167 Å². The third-order valence-corrected chi connectivity index (χ3v) is 13.4. The van der Waals surface area contributed by atoms with E-state index in [9.17, 15) is 0 Å². The third kappa shape index (κ3) is 4.93. The minimum absolute atomic E-state index is 0.213. The summed E-state index contributed by atoms with van der Waals surface area (Å²) in [7, 11) is -0.498. The van der Waals surface area contributed by atoms with Crippen LogP contribution in [0.25, 0.3) is 43.8 Å². The number of rotatable bonds is 5. The molecule has 0 bridgehead atoms. The van der Waals surface area contributed by atoms with Crippen LogP contribution in [0.1, 0.15) is 81.5 Å². The summed E-state index contributed by atoms with van der Waals surface area (Å²) in [6.45, 7) is 8.33. The second kappa shape index (κ2) is 12.5. The fraction of sp³-hybridized carbons (Fsp3) is 0.260. The molecule has 2 fully saturated rings. The molecule has 2 atom stereocenters. The fourth-order valence-corrected chi connectivity index (χ4v) is 10.3. The molecule has 1 aromatic heterocycles. The van der Waals surface area contributed by atoms with Crippen molar-refractivity contribution in [2.45, 2.75) is 75.9 Å². The first-order chi connectivity index (χ1) is 26.3. The topological polar surface area (TPSA) is 31.4 Å². The van der Waals surface area contributed by atoms with Crippen LogP contribution in [0.2, 0.25) is 0 Å². The Balaban J connectivity index is 1.18. The molecule has 3 aliphatic rings. The summed E-state index contributed by atoms with van der Waals surface area (Å²) in [6, 6.07) is 52.4. The summed E-state index contributed by atoms with van der Waals surface area (Å²) < 4.78 is 12.7. The van der Waals surface area contributed by atoms with E-state index in [1.807, 2.05) is 6.20 Å². The van der Waals surface area contributed by atoms with E-state index in [1.54, 1.807) is 0 Å². The molecule has 0 radical (unpaired) electrons. The first-order valence-electron chi connectivity index (χ1n) is 19.8. The van der Waals surface area contributed by atoms with Crippen molar-refractivity contribution in [3.63, 3.8) is 0 Å². The summed E-state index contributed by atoms with van der Waals surface area (Å²) in [4.78, 5) is 4.96. The highest BCUT2D eigenvalue weighted by molar-refractivity contribution is 6.61. The predicted octanol–water partition coefficient (Wildman–Crippen LogP) is 11.6. The van der Waals surface area contributed by atoms with Gasteiger partial charge in [-0.05, 0) is 125 Å². The summed E-state index contributed by atoms with van der Waals surface area (Å²) in [5.74, 6) is 1.07. The van der Waals surface area contributed by atoms with Crippen LogP contribution in [0.4, 0.5) is 0 Å². The van der Waals surface area contributed by atoms with E-state index < -0.39 is 18.3 Å². The lowest BCUT2D eigenvalue weighted by atomic mass is 9.61. The van der Waals surface area contributed by atoms with Gasteiger partial charge in [-0.15, -0.1) is 0 Å². The molecule has 3 nitrogen and oxygen atoms in total. The minimum Gasteiger partial charge on any atom is -0.398 e. The van der Waals surface area contributed by atoms with E-state index in [1.165, 1.54) is 86.2 Å². The third-order valence-electron chi connectivity index (χ3n) is 13.4. The van der Waals surface area contributed by atoms with Gasteiger partial charge in [-0.25, -0.2) is 0 Å². The first-order valence-corrected chi connectivity index (χ1v) is 19.8. The van der Waals surface area contributed by atoms with Crippen LogP contribution in [0.15, 0.2) is 146 Å². The smallest absolute Gasteiger partial charge is 0.398 e. The zero-order valence-electron chi connectivity index (χ0n) is 31.7. The molecule has 0 N–H and O–H groups in total. The highest BCUT2D eigenvalue weighted by Gasteiger charge is 2.55. The van der Waals surface area contributed by atoms with Gasteiger partial charge in [-0.3, -0.25) is 4.98 Å². The van der Waals surface area contributed by atoms with Gasteiger partial charge in [0.05, 0.1) is 16.8 Å². The largest absolute Gasteiger partial charge is 0.514 e. The molecule has 54 heavy (non-hydrogen) atoms. The van der Waals surface area contributed by atoms with Crippen molar-refractivity contribution >= 4 is 34.3 Å². The summed E-state index contributed by atoms with van der Waals surface area (Å²) in [5.41, 5.74) is 10.4. The van der Waals surface area contributed by atoms with E-state index in [0.717, 1.165) is 11.2 Å². The molecular weight excluding hydrogens is 657 g/mol. The van der Waals surface area contributed by atoms with Crippen LogP contribution in [0, 0.1) is 5.92 Å². The molecule has 0 spiro atoms. The molecule has 1 unspecified atom stereocenters. The van der Waals surface area contributed by atoms with Crippen molar-refractivity contribution in [2.24, 2.45) is 5.92 Å². The van der Waals surface area contributed by atoms with Crippen molar-refractivity contribution in [3.8, 4) is 22.3 Å². The molecule has 10 rings (SSSR count). The highest BCUT2D eigenvalue weighted by Crippen LogP contribution is 2.62. The fourth-order valence-electron chi connectivity index (χ4n) is 10.3. The summed E-state index contributed by atoms with van der Waals surface area (Å²) in [6.07, 6.45) is 7.07. The lowest BCUT2D eigenvalue weighted by molar-refractivity contribution is 0.00578. The Labute approximate surface area is 319 Å². The van der Waals surface area contributed by atoms with Crippen LogP contribution in [-0.2, 0) is 14.7 Å².